The summed E-state index contributed by atoms with van der Waals surface area (Å²) in [5.41, 5.74) is 5.71. The van der Waals surface area contributed by atoms with Crippen LogP contribution in [0.2, 0.25) is 0 Å². The summed E-state index contributed by atoms with van der Waals surface area (Å²) < 4.78 is 0. The SMILES string of the molecule is CC(Nc1ncnc(NNC(=O)c2cccnc2)c1[N+](=O)[O-])c1ccccc1. The standard InChI is InChI=1S/C18H17N7O3/c1-12(13-6-3-2-4-7-13)22-16-15(25(27)28)17(21-11-20-16)23-24-18(26)14-8-5-9-19-10-14/h2-12H,1H3,(H,24,26)(H2,20,21,22,23). The normalized spacial score (nSPS) is 11.3. The summed E-state index contributed by atoms with van der Waals surface area (Å²) in [6.07, 6.45) is 4.08. The topological polar surface area (TPSA) is 135 Å². The number of hydrogen-bond donors (Lipinski definition) is 3. The molecule has 10 heteroatoms. The monoisotopic (exact) mass is 379 g/mol. The molecular weight excluding hydrogens is 362 g/mol. The van der Waals surface area contributed by atoms with Crippen LogP contribution in [0.3, 0.4) is 0 Å². The summed E-state index contributed by atoms with van der Waals surface area (Å²) in [6.45, 7) is 1.86. The number of hydrazine groups is 1. The molecule has 1 unspecified atom stereocenters. The van der Waals surface area contributed by atoms with Gasteiger partial charge in [0, 0.05) is 12.4 Å². The van der Waals surface area contributed by atoms with E-state index in [0.29, 0.717) is 5.56 Å². The van der Waals surface area contributed by atoms with Crippen molar-refractivity contribution >= 4 is 23.2 Å². The van der Waals surface area contributed by atoms with Gasteiger partial charge in [-0.05, 0) is 24.6 Å². The molecule has 0 saturated heterocycles. The third-order valence-corrected chi connectivity index (χ3v) is 3.88. The third-order valence-electron chi connectivity index (χ3n) is 3.88. The molecule has 0 saturated carbocycles. The first-order valence-corrected chi connectivity index (χ1v) is 8.33. The van der Waals surface area contributed by atoms with Crippen molar-refractivity contribution in [1.82, 2.24) is 20.4 Å². The van der Waals surface area contributed by atoms with Crippen LogP contribution in [0.5, 0.6) is 0 Å². The zero-order chi connectivity index (χ0) is 19.9. The Balaban J connectivity index is 1.79. The fraction of sp³-hybridized carbons (Fsp3) is 0.111. The molecule has 3 aromatic rings. The van der Waals surface area contributed by atoms with Crippen LogP contribution in [-0.2, 0) is 0 Å². The Hall–Kier alpha value is -4.08. The average molecular weight is 379 g/mol. The van der Waals surface area contributed by atoms with E-state index in [0.717, 1.165) is 5.56 Å². The number of rotatable bonds is 7. The predicted molar refractivity (Wildman–Crippen MR) is 102 cm³/mol. The van der Waals surface area contributed by atoms with E-state index in [2.05, 4.69) is 31.1 Å². The molecule has 0 aliphatic heterocycles. The van der Waals surface area contributed by atoms with E-state index in [1.54, 1.807) is 12.1 Å². The number of pyridine rings is 1. The van der Waals surface area contributed by atoms with Crippen LogP contribution in [0.15, 0.2) is 61.2 Å². The average Bonchev–Trinajstić information content (AvgIpc) is 2.73. The highest BCUT2D eigenvalue weighted by atomic mass is 16.6. The minimum absolute atomic E-state index is 0.0366. The molecule has 2 heterocycles. The Morgan fingerprint density at radius 2 is 1.86 bits per heavy atom. The summed E-state index contributed by atoms with van der Waals surface area (Å²) in [7, 11) is 0. The summed E-state index contributed by atoms with van der Waals surface area (Å²) in [5.74, 6) is -0.609. The van der Waals surface area contributed by atoms with E-state index in [4.69, 9.17) is 0 Å². The molecule has 0 aliphatic carbocycles. The molecule has 2 aromatic heterocycles. The van der Waals surface area contributed by atoms with Gasteiger partial charge in [0.2, 0.25) is 11.6 Å². The Bertz CT molecular complexity index is 967. The van der Waals surface area contributed by atoms with Gasteiger partial charge in [0.15, 0.2) is 0 Å². The van der Waals surface area contributed by atoms with Gasteiger partial charge in [0.1, 0.15) is 6.33 Å². The number of nitrogens with zero attached hydrogens (tertiary/aromatic N) is 4. The van der Waals surface area contributed by atoms with Gasteiger partial charge in [0.05, 0.1) is 16.5 Å². The third kappa shape index (κ3) is 4.36. The van der Waals surface area contributed by atoms with E-state index in [1.165, 1.54) is 18.7 Å². The number of amides is 1. The van der Waals surface area contributed by atoms with Crippen LogP contribution in [0.1, 0.15) is 28.9 Å². The van der Waals surface area contributed by atoms with E-state index in [1.807, 2.05) is 37.3 Å². The molecule has 28 heavy (non-hydrogen) atoms. The van der Waals surface area contributed by atoms with Crippen molar-refractivity contribution in [3.8, 4) is 0 Å². The molecule has 142 valence electrons. The predicted octanol–water partition coefficient (Wildman–Crippen LogP) is 2.71. The lowest BCUT2D eigenvalue weighted by molar-refractivity contribution is -0.383. The van der Waals surface area contributed by atoms with Crippen molar-refractivity contribution in [3.63, 3.8) is 0 Å². The smallest absolute Gasteiger partial charge is 0.354 e. The molecule has 10 nitrogen and oxygen atoms in total. The lowest BCUT2D eigenvalue weighted by atomic mass is 10.1. The molecule has 1 atom stereocenters. The van der Waals surface area contributed by atoms with Gasteiger partial charge >= 0.3 is 5.69 Å². The number of carbonyl (C=O) groups is 1. The highest BCUT2D eigenvalue weighted by molar-refractivity contribution is 5.94. The fourth-order valence-electron chi connectivity index (χ4n) is 2.46. The molecule has 1 aromatic carbocycles. The zero-order valence-corrected chi connectivity index (χ0v) is 14.9. The number of aromatic nitrogens is 3. The van der Waals surface area contributed by atoms with E-state index in [9.17, 15) is 14.9 Å². The molecule has 1 amide bonds. The van der Waals surface area contributed by atoms with Crippen molar-refractivity contribution in [3.05, 3.63) is 82.4 Å². The van der Waals surface area contributed by atoms with E-state index in [-0.39, 0.29) is 23.4 Å². The Morgan fingerprint density at radius 1 is 1.11 bits per heavy atom. The number of nitro groups is 1. The summed E-state index contributed by atoms with van der Waals surface area (Å²) in [4.78, 5) is 34.8. The van der Waals surface area contributed by atoms with Gasteiger partial charge in [0.25, 0.3) is 5.91 Å². The van der Waals surface area contributed by atoms with Gasteiger partial charge in [-0.2, -0.15) is 0 Å². The second kappa shape index (κ2) is 8.54. The molecule has 0 aliphatic rings. The Kier molecular flexibility index (Phi) is 5.70. The number of nitrogens with one attached hydrogen (secondary N) is 3. The highest BCUT2D eigenvalue weighted by Crippen LogP contribution is 2.31. The van der Waals surface area contributed by atoms with Gasteiger partial charge in [-0.25, -0.2) is 9.97 Å². The van der Waals surface area contributed by atoms with E-state index < -0.39 is 10.8 Å². The maximum absolute atomic E-state index is 12.1. The molecule has 0 radical (unpaired) electrons. The van der Waals surface area contributed by atoms with E-state index >= 15 is 0 Å². The second-order valence-corrected chi connectivity index (χ2v) is 5.77. The lowest BCUT2D eigenvalue weighted by Gasteiger charge is -2.16. The van der Waals surface area contributed by atoms with Crippen molar-refractivity contribution in [1.29, 1.82) is 0 Å². The number of carbonyl (C=O) groups excluding carboxylic acids is 1. The van der Waals surface area contributed by atoms with Crippen LogP contribution < -0.4 is 16.2 Å². The van der Waals surface area contributed by atoms with Crippen molar-refractivity contribution in [2.75, 3.05) is 10.7 Å². The van der Waals surface area contributed by atoms with Gasteiger partial charge < -0.3 is 5.32 Å². The Labute approximate surface area is 160 Å². The first-order chi connectivity index (χ1) is 13.6. The first kappa shape index (κ1) is 18.7. The molecule has 0 spiro atoms. The largest absolute Gasteiger partial charge is 0.358 e. The number of anilines is 2. The van der Waals surface area contributed by atoms with Crippen molar-refractivity contribution in [2.24, 2.45) is 0 Å². The summed E-state index contributed by atoms with van der Waals surface area (Å²) >= 11 is 0. The quantitative estimate of drug-likeness (QED) is 0.421. The molecule has 0 bridgehead atoms. The maximum Gasteiger partial charge on any atom is 0.354 e. The molecule has 0 fully saturated rings. The summed E-state index contributed by atoms with van der Waals surface area (Å²) in [6, 6.07) is 12.4. The summed E-state index contributed by atoms with van der Waals surface area (Å²) in [5, 5.41) is 14.6. The lowest BCUT2D eigenvalue weighted by Crippen LogP contribution is -2.30. The fourth-order valence-corrected chi connectivity index (χ4v) is 2.46. The molecule has 3 rings (SSSR count). The van der Waals surface area contributed by atoms with Crippen LogP contribution in [-0.4, -0.2) is 25.8 Å². The van der Waals surface area contributed by atoms with Gasteiger partial charge in [-0.1, -0.05) is 30.3 Å². The van der Waals surface area contributed by atoms with Crippen molar-refractivity contribution in [2.45, 2.75) is 13.0 Å². The van der Waals surface area contributed by atoms with Gasteiger partial charge in [-0.15, -0.1) is 0 Å². The second-order valence-electron chi connectivity index (χ2n) is 5.77. The Morgan fingerprint density at radius 3 is 2.54 bits per heavy atom. The number of benzene rings is 1. The van der Waals surface area contributed by atoms with Crippen LogP contribution in [0.4, 0.5) is 17.3 Å². The molecule has 3 N–H and O–H groups in total. The first-order valence-electron chi connectivity index (χ1n) is 8.33. The van der Waals surface area contributed by atoms with Gasteiger partial charge in [-0.3, -0.25) is 30.7 Å². The number of hydrogen-bond acceptors (Lipinski definition) is 8. The zero-order valence-electron chi connectivity index (χ0n) is 14.9. The van der Waals surface area contributed by atoms with Crippen LogP contribution in [0.25, 0.3) is 0 Å². The molecular formula is C18H17N7O3. The van der Waals surface area contributed by atoms with Crippen LogP contribution in [0, 0.1) is 10.1 Å². The van der Waals surface area contributed by atoms with Crippen molar-refractivity contribution < 1.29 is 9.72 Å². The minimum atomic E-state index is -0.612. The maximum atomic E-state index is 12.1. The van der Waals surface area contributed by atoms with Crippen LogP contribution >= 0.6 is 0 Å². The highest BCUT2D eigenvalue weighted by Gasteiger charge is 2.24. The minimum Gasteiger partial charge on any atom is -0.358 e.